The monoisotopic (exact) mass is 320 g/mol. The van der Waals surface area contributed by atoms with Crippen molar-refractivity contribution in [1.29, 1.82) is 0 Å². The first-order valence-corrected chi connectivity index (χ1v) is 8.07. The first kappa shape index (κ1) is 17.6. The average Bonchev–Trinajstić information content (AvgIpc) is 2.38. The van der Waals surface area contributed by atoms with Gasteiger partial charge in [0.2, 0.25) is 0 Å². The molecule has 5 heteroatoms. The second-order valence-corrected chi connectivity index (χ2v) is 7.89. The van der Waals surface area contributed by atoms with Crippen molar-refractivity contribution in [3.63, 3.8) is 0 Å². The summed E-state index contributed by atoms with van der Waals surface area (Å²) < 4.78 is 5.87. The number of urea groups is 1. The van der Waals surface area contributed by atoms with Crippen LogP contribution in [0.2, 0.25) is 0 Å². The molecule has 2 N–H and O–H groups in total. The van der Waals surface area contributed by atoms with Crippen molar-refractivity contribution in [1.82, 2.24) is 10.2 Å². The zero-order chi connectivity index (χ0) is 17.3. The number of likely N-dealkylation sites (tertiary alicyclic amines) is 1. The molecule has 2 rings (SSSR count). The summed E-state index contributed by atoms with van der Waals surface area (Å²) in [5, 5.41) is 12.3. The first-order valence-electron chi connectivity index (χ1n) is 8.07. The predicted octanol–water partition coefficient (Wildman–Crippen LogP) is 2.53. The third-order valence-corrected chi connectivity index (χ3v) is 3.83. The van der Waals surface area contributed by atoms with Gasteiger partial charge >= 0.3 is 6.03 Å². The molecule has 1 aliphatic rings. The van der Waals surface area contributed by atoms with Gasteiger partial charge in [-0.15, -0.1) is 0 Å². The topological polar surface area (TPSA) is 61.8 Å². The van der Waals surface area contributed by atoms with Crippen LogP contribution in [0.25, 0.3) is 0 Å². The minimum Gasteiger partial charge on any atom is -0.487 e. The zero-order valence-electron chi connectivity index (χ0n) is 14.7. The Morgan fingerprint density at radius 3 is 2.26 bits per heavy atom. The number of ether oxygens (including phenoxy) is 1. The molecule has 0 spiro atoms. The molecule has 0 atom stereocenters. The van der Waals surface area contributed by atoms with E-state index in [0.29, 0.717) is 13.1 Å². The summed E-state index contributed by atoms with van der Waals surface area (Å²) in [6, 6.07) is 7.98. The summed E-state index contributed by atoms with van der Waals surface area (Å²) in [6.07, 6.45) is 0.0309. The minimum absolute atomic E-state index is 0.0309. The van der Waals surface area contributed by atoms with Crippen LogP contribution in [0.15, 0.2) is 24.3 Å². The van der Waals surface area contributed by atoms with Crippen molar-refractivity contribution in [2.24, 2.45) is 0 Å². The predicted molar refractivity (Wildman–Crippen MR) is 90.8 cm³/mol. The lowest BCUT2D eigenvalue weighted by Crippen LogP contribution is -2.59. The van der Waals surface area contributed by atoms with Crippen LogP contribution in [0.3, 0.4) is 0 Å². The van der Waals surface area contributed by atoms with Crippen LogP contribution < -0.4 is 10.1 Å². The lowest BCUT2D eigenvalue weighted by atomic mass is 9.87. The lowest BCUT2D eigenvalue weighted by Gasteiger charge is -2.39. The zero-order valence-corrected chi connectivity index (χ0v) is 14.7. The molecule has 1 fully saturated rings. The van der Waals surface area contributed by atoms with Gasteiger partial charge in [-0.3, -0.25) is 0 Å². The summed E-state index contributed by atoms with van der Waals surface area (Å²) in [4.78, 5) is 13.6. The fourth-order valence-corrected chi connectivity index (χ4v) is 2.31. The summed E-state index contributed by atoms with van der Waals surface area (Å²) in [7, 11) is 0. The average molecular weight is 320 g/mol. The highest BCUT2D eigenvalue weighted by Crippen LogP contribution is 2.25. The van der Waals surface area contributed by atoms with E-state index in [0.717, 1.165) is 5.75 Å². The third-order valence-electron chi connectivity index (χ3n) is 3.83. The molecule has 0 aromatic heterocycles. The molecular weight excluding hydrogens is 292 g/mol. The van der Waals surface area contributed by atoms with E-state index in [-0.39, 0.29) is 24.1 Å². The number of carbonyl (C=O) groups is 1. The fourth-order valence-electron chi connectivity index (χ4n) is 2.31. The molecule has 0 saturated carbocycles. The number of nitrogens with zero attached hydrogens (tertiary/aromatic N) is 1. The number of hydrogen-bond donors (Lipinski definition) is 2. The van der Waals surface area contributed by atoms with Gasteiger partial charge < -0.3 is 20.1 Å². The second kappa shape index (κ2) is 6.40. The van der Waals surface area contributed by atoms with Gasteiger partial charge in [0.25, 0.3) is 0 Å². The maximum absolute atomic E-state index is 11.9. The highest BCUT2D eigenvalue weighted by atomic mass is 16.5. The van der Waals surface area contributed by atoms with Crippen molar-refractivity contribution in [2.75, 3.05) is 19.6 Å². The normalized spacial score (nSPS) is 16.0. The largest absolute Gasteiger partial charge is 0.487 e. The van der Waals surface area contributed by atoms with E-state index in [2.05, 4.69) is 38.2 Å². The van der Waals surface area contributed by atoms with E-state index in [1.54, 1.807) is 18.7 Å². The number of aliphatic hydroxyl groups is 1. The molecule has 5 nitrogen and oxygen atoms in total. The SMILES string of the molecule is CC(C)(O)CNC(=O)N1CC(Oc2ccc(C(C)(C)C)cc2)C1. The molecule has 1 aliphatic heterocycles. The quantitative estimate of drug-likeness (QED) is 0.896. The molecule has 0 radical (unpaired) electrons. The maximum atomic E-state index is 11.9. The minimum atomic E-state index is -0.898. The highest BCUT2D eigenvalue weighted by molar-refractivity contribution is 5.75. The molecule has 1 saturated heterocycles. The summed E-state index contributed by atoms with van der Waals surface area (Å²) in [6.45, 7) is 11.2. The van der Waals surface area contributed by atoms with Crippen LogP contribution in [0.5, 0.6) is 5.75 Å². The lowest BCUT2D eigenvalue weighted by molar-refractivity contribution is 0.0386. The van der Waals surface area contributed by atoms with Gasteiger partial charge in [0.15, 0.2) is 0 Å². The number of benzene rings is 1. The molecule has 0 unspecified atom stereocenters. The summed E-state index contributed by atoms with van der Waals surface area (Å²) in [5.41, 5.74) is 0.501. The number of hydrogen-bond acceptors (Lipinski definition) is 3. The fraction of sp³-hybridized carbons (Fsp3) is 0.611. The van der Waals surface area contributed by atoms with E-state index in [4.69, 9.17) is 4.74 Å². The Hall–Kier alpha value is -1.75. The van der Waals surface area contributed by atoms with Gasteiger partial charge in [0.1, 0.15) is 11.9 Å². The third kappa shape index (κ3) is 5.13. The number of amides is 2. The number of carbonyl (C=O) groups excluding carboxylic acids is 1. The number of nitrogens with one attached hydrogen (secondary N) is 1. The van der Waals surface area contributed by atoms with Crippen molar-refractivity contribution in [2.45, 2.75) is 51.7 Å². The molecule has 1 aromatic carbocycles. The standard InChI is InChI=1S/C18H28N2O3/c1-17(2,3)13-6-8-14(9-7-13)23-15-10-20(11-15)16(21)19-12-18(4,5)22/h6-9,15,22H,10-12H2,1-5H3,(H,19,21). The Morgan fingerprint density at radius 2 is 1.78 bits per heavy atom. The van der Waals surface area contributed by atoms with Crippen molar-refractivity contribution in [3.8, 4) is 5.75 Å². The molecule has 0 aliphatic carbocycles. The van der Waals surface area contributed by atoms with Crippen LogP contribution in [-0.2, 0) is 5.41 Å². The van der Waals surface area contributed by atoms with Gasteiger partial charge in [-0.25, -0.2) is 4.79 Å². The first-order chi connectivity index (χ1) is 10.5. The molecule has 128 valence electrons. The van der Waals surface area contributed by atoms with Crippen molar-refractivity contribution in [3.05, 3.63) is 29.8 Å². The van der Waals surface area contributed by atoms with Gasteiger partial charge in [0, 0.05) is 6.54 Å². The Labute approximate surface area is 138 Å². The van der Waals surface area contributed by atoms with E-state index >= 15 is 0 Å². The van der Waals surface area contributed by atoms with Gasteiger partial charge in [-0.2, -0.15) is 0 Å². The van der Waals surface area contributed by atoms with Gasteiger partial charge in [0.05, 0.1) is 18.7 Å². The van der Waals surface area contributed by atoms with Gasteiger partial charge in [-0.1, -0.05) is 32.9 Å². The molecule has 1 heterocycles. The van der Waals surface area contributed by atoms with Gasteiger partial charge in [-0.05, 0) is 37.0 Å². The summed E-state index contributed by atoms with van der Waals surface area (Å²) >= 11 is 0. The van der Waals surface area contributed by atoms with E-state index in [9.17, 15) is 9.90 Å². The van der Waals surface area contributed by atoms with E-state index in [1.165, 1.54) is 5.56 Å². The van der Waals surface area contributed by atoms with E-state index < -0.39 is 5.60 Å². The Bertz CT molecular complexity index is 535. The molecule has 0 bridgehead atoms. The molecule has 2 amide bonds. The number of rotatable bonds is 4. The molecule has 23 heavy (non-hydrogen) atoms. The highest BCUT2D eigenvalue weighted by Gasteiger charge is 2.32. The Morgan fingerprint density at radius 1 is 1.22 bits per heavy atom. The van der Waals surface area contributed by atoms with Crippen LogP contribution in [-0.4, -0.2) is 47.4 Å². The van der Waals surface area contributed by atoms with Crippen LogP contribution in [0.4, 0.5) is 4.79 Å². The Kier molecular flexibility index (Phi) is 4.90. The maximum Gasteiger partial charge on any atom is 0.317 e. The molecule has 1 aromatic rings. The smallest absolute Gasteiger partial charge is 0.317 e. The van der Waals surface area contributed by atoms with Crippen molar-refractivity contribution >= 4 is 6.03 Å². The van der Waals surface area contributed by atoms with Crippen molar-refractivity contribution < 1.29 is 14.6 Å². The Balaban J connectivity index is 1.77. The second-order valence-electron chi connectivity index (χ2n) is 7.89. The van der Waals surface area contributed by atoms with Crippen LogP contribution in [0, 0.1) is 0 Å². The molecular formula is C18H28N2O3. The van der Waals surface area contributed by atoms with E-state index in [1.807, 2.05) is 12.1 Å². The van der Waals surface area contributed by atoms with Crippen LogP contribution >= 0.6 is 0 Å². The summed E-state index contributed by atoms with van der Waals surface area (Å²) in [5.74, 6) is 0.833. The van der Waals surface area contributed by atoms with Crippen LogP contribution in [0.1, 0.15) is 40.2 Å².